The SMILES string of the molecule is O=C(CCc1ccccc1)OCOC(=O)NC(CCc1ccc(Cl)cc1)C(=O)[O-].[Na+]. The largest absolute Gasteiger partial charge is 1.00 e. The molecule has 1 N–H and O–H groups in total. The van der Waals surface area contributed by atoms with Gasteiger partial charge in [0.1, 0.15) is 0 Å². The first-order chi connectivity index (χ1) is 13.9. The van der Waals surface area contributed by atoms with Crippen molar-refractivity contribution in [3.8, 4) is 0 Å². The Kier molecular flexibility index (Phi) is 12.2. The molecule has 0 bridgehead atoms. The van der Waals surface area contributed by atoms with Gasteiger partial charge in [-0.15, -0.1) is 0 Å². The molecule has 0 saturated heterocycles. The Morgan fingerprint density at radius 1 is 0.933 bits per heavy atom. The van der Waals surface area contributed by atoms with Crippen molar-refractivity contribution in [1.82, 2.24) is 5.32 Å². The van der Waals surface area contributed by atoms with E-state index in [4.69, 9.17) is 21.1 Å². The summed E-state index contributed by atoms with van der Waals surface area (Å²) in [4.78, 5) is 34.6. The molecule has 0 saturated carbocycles. The first-order valence-electron chi connectivity index (χ1n) is 9.02. The molecule has 2 rings (SSSR count). The molecule has 0 aliphatic rings. The van der Waals surface area contributed by atoms with Gasteiger partial charge in [0.05, 0.1) is 12.0 Å². The minimum atomic E-state index is -1.43. The molecule has 7 nitrogen and oxygen atoms in total. The number of carbonyl (C=O) groups is 3. The summed E-state index contributed by atoms with van der Waals surface area (Å²) < 4.78 is 9.53. The summed E-state index contributed by atoms with van der Waals surface area (Å²) in [5.74, 6) is -1.96. The summed E-state index contributed by atoms with van der Waals surface area (Å²) in [6, 6.07) is 15.1. The molecular formula is C21H21ClNNaO6. The molecule has 0 aliphatic carbocycles. The van der Waals surface area contributed by atoms with E-state index in [1.807, 2.05) is 30.3 Å². The molecule has 0 aliphatic heterocycles. The number of hydrogen-bond donors (Lipinski definition) is 1. The van der Waals surface area contributed by atoms with E-state index < -0.39 is 30.9 Å². The second-order valence-electron chi connectivity index (χ2n) is 6.23. The third-order valence-electron chi connectivity index (χ3n) is 4.08. The third-order valence-corrected chi connectivity index (χ3v) is 4.33. The molecule has 154 valence electrons. The van der Waals surface area contributed by atoms with E-state index >= 15 is 0 Å². The molecule has 1 unspecified atom stereocenters. The smallest absolute Gasteiger partial charge is 0.548 e. The molecule has 0 aromatic heterocycles. The molecule has 0 radical (unpaired) electrons. The van der Waals surface area contributed by atoms with Crippen LogP contribution in [0.5, 0.6) is 0 Å². The second kappa shape index (κ2) is 14.0. The number of carboxylic acids is 1. The Bertz CT molecular complexity index is 816. The van der Waals surface area contributed by atoms with E-state index in [1.54, 1.807) is 24.3 Å². The predicted molar refractivity (Wildman–Crippen MR) is 104 cm³/mol. The molecule has 0 spiro atoms. The number of aliphatic carboxylic acids is 1. The minimum absolute atomic E-state index is 0. The van der Waals surface area contributed by atoms with E-state index in [2.05, 4.69) is 5.32 Å². The number of esters is 1. The topological polar surface area (TPSA) is 105 Å². The maximum atomic E-state index is 11.7. The zero-order valence-electron chi connectivity index (χ0n) is 16.6. The van der Waals surface area contributed by atoms with Crippen molar-refractivity contribution in [3.05, 3.63) is 70.7 Å². The Morgan fingerprint density at radius 3 is 2.20 bits per heavy atom. The van der Waals surface area contributed by atoms with Gasteiger partial charge in [-0.2, -0.15) is 0 Å². The zero-order chi connectivity index (χ0) is 21.1. The Hall–Kier alpha value is -2.06. The van der Waals surface area contributed by atoms with Gasteiger partial charge in [-0.3, -0.25) is 4.79 Å². The van der Waals surface area contributed by atoms with Crippen LogP contribution >= 0.6 is 11.6 Å². The van der Waals surface area contributed by atoms with Gasteiger partial charge in [0.15, 0.2) is 0 Å². The summed E-state index contributed by atoms with van der Waals surface area (Å²) in [6.07, 6.45) is 0.132. The van der Waals surface area contributed by atoms with Crippen molar-refractivity contribution in [3.63, 3.8) is 0 Å². The summed E-state index contributed by atoms with van der Waals surface area (Å²) in [5.41, 5.74) is 1.85. The normalized spacial score (nSPS) is 11.0. The fourth-order valence-corrected chi connectivity index (χ4v) is 2.63. The van der Waals surface area contributed by atoms with Gasteiger partial charge in [-0.05, 0) is 42.5 Å². The van der Waals surface area contributed by atoms with Gasteiger partial charge in [-0.1, -0.05) is 54.1 Å². The van der Waals surface area contributed by atoms with Crippen molar-refractivity contribution in [2.24, 2.45) is 0 Å². The van der Waals surface area contributed by atoms with E-state index in [0.717, 1.165) is 11.1 Å². The standard InChI is InChI=1S/C21H22ClNO6.Na/c22-17-10-6-16(7-11-17)8-12-18(20(25)26)23-21(27)29-14-28-19(24)13-9-15-4-2-1-3-5-15;/h1-7,10-11,18H,8-9,12-14H2,(H,23,27)(H,25,26);/q;+1/p-1. The molecule has 0 fully saturated rings. The number of rotatable bonds is 10. The number of ether oxygens (including phenoxy) is 2. The number of aryl methyl sites for hydroxylation is 2. The van der Waals surface area contributed by atoms with E-state index in [1.165, 1.54) is 0 Å². The quantitative estimate of drug-likeness (QED) is 0.296. The summed E-state index contributed by atoms with van der Waals surface area (Å²) in [5, 5.41) is 14.0. The van der Waals surface area contributed by atoms with Crippen LogP contribution in [0, 0.1) is 0 Å². The maximum absolute atomic E-state index is 11.7. The minimum Gasteiger partial charge on any atom is -0.548 e. The molecule has 1 amide bonds. The molecule has 9 heteroatoms. The van der Waals surface area contributed by atoms with Crippen LogP contribution in [0.4, 0.5) is 4.79 Å². The van der Waals surface area contributed by atoms with Crippen LogP contribution in [0.3, 0.4) is 0 Å². The predicted octanol–water partition coefficient (Wildman–Crippen LogP) is -0.745. The van der Waals surface area contributed by atoms with Crippen molar-refractivity contribution in [2.45, 2.75) is 31.7 Å². The molecule has 2 aromatic carbocycles. The van der Waals surface area contributed by atoms with Crippen LogP contribution in [0.1, 0.15) is 24.0 Å². The monoisotopic (exact) mass is 441 g/mol. The number of hydrogen-bond acceptors (Lipinski definition) is 6. The van der Waals surface area contributed by atoms with Crippen LogP contribution in [-0.4, -0.2) is 30.9 Å². The van der Waals surface area contributed by atoms with E-state index in [0.29, 0.717) is 17.9 Å². The fourth-order valence-electron chi connectivity index (χ4n) is 2.51. The fraction of sp³-hybridized carbons (Fsp3) is 0.286. The first-order valence-corrected chi connectivity index (χ1v) is 9.40. The van der Waals surface area contributed by atoms with Crippen molar-refractivity contribution in [1.29, 1.82) is 0 Å². The number of alkyl carbamates (subject to hydrolysis) is 1. The van der Waals surface area contributed by atoms with Crippen LogP contribution in [0.25, 0.3) is 0 Å². The number of benzene rings is 2. The van der Waals surface area contributed by atoms with Crippen LogP contribution < -0.4 is 40.0 Å². The third kappa shape index (κ3) is 10.1. The Labute approximate surface area is 202 Å². The van der Waals surface area contributed by atoms with E-state index in [9.17, 15) is 19.5 Å². The van der Waals surface area contributed by atoms with Crippen molar-refractivity contribution in [2.75, 3.05) is 6.79 Å². The van der Waals surface area contributed by atoms with Gasteiger partial charge in [0, 0.05) is 11.4 Å². The van der Waals surface area contributed by atoms with Crippen LogP contribution in [0.15, 0.2) is 54.6 Å². The maximum Gasteiger partial charge on any atom is 1.00 e. The van der Waals surface area contributed by atoms with Gasteiger partial charge in [0.25, 0.3) is 0 Å². The number of carbonyl (C=O) groups excluding carboxylic acids is 3. The number of nitrogens with one attached hydrogen (secondary N) is 1. The number of halogens is 1. The zero-order valence-corrected chi connectivity index (χ0v) is 19.4. The number of carboxylic acid groups (broad SMARTS) is 1. The van der Waals surface area contributed by atoms with Crippen molar-refractivity contribution < 1.29 is 58.5 Å². The van der Waals surface area contributed by atoms with E-state index in [-0.39, 0.29) is 42.4 Å². The van der Waals surface area contributed by atoms with Crippen LogP contribution in [-0.2, 0) is 31.9 Å². The molecule has 2 aromatic rings. The summed E-state index contributed by atoms with van der Waals surface area (Å²) >= 11 is 5.80. The van der Waals surface area contributed by atoms with Gasteiger partial charge in [-0.25, -0.2) is 4.79 Å². The van der Waals surface area contributed by atoms with Gasteiger partial charge >= 0.3 is 41.6 Å². The Morgan fingerprint density at radius 2 is 1.57 bits per heavy atom. The average molecular weight is 442 g/mol. The second-order valence-corrected chi connectivity index (χ2v) is 6.67. The Balaban J connectivity index is 0.00000450. The summed E-state index contributed by atoms with van der Waals surface area (Å²) in [6.45, 7) is -0.601. The van der Waals surface area contributed by atoms with Gasteiger partial charge in [0.2, 0.25) is 6.79 Å². The van der Waals surface area contributed by atoms with Crippen LogP contribution in [0.2, 0.25) is 5.02 Å². The first kappa shape index (κ1) is 26.0. The molecule has 30 heavy (non-hydrogen) atoms. The average Bonchev–Trinajstić information content (AvgIpc) is 2.71. The molecular weight excluding hydrogens is 421 g/mol. The molecule has 1 atom stereocenters. The molecule has 0 heterocycles. The summed E-state index contributed by atoms with van der Waals surface area (Å²) in [7, 11) is 0. The van der Waals surface area contributed by atoms with Crippen molar-refractivity contribution >= 4 is 29.6 Å². The van der Waals surface area contributed by atoms with Gasteiger partial charge < -0.3 is 24.7 Å². The number of amides is 1.